The SMILES string of the molecule is CC(C)[NH2+]C[C@H](O)c1ccc(O)cc1. The lowest BCUT2D eigenvalue weighted by Gasteiger charge is -2.11. The van der Waals surface area contributed by atoms with Crippen molar-refractivity contribution >= 4 is 0 Å². The normalized spacial score (nSPS) is 13.1. The molecule has 0 bridgehead atoms. The number of benzene rings is 1. The lowest BCUT2D eigenvalue weighted by molar-refractivity contribution is -0.689. The van der Waals surface area contributed by atoms with Gasteiger partial charge in [-0.1, -0.05) is 12.1 Å². The van der Waals surface area contributed by atoms with Gasteiger partial charge in [0.25, 0.3) is 0 Å². The predicted octanol–water partition coefficient (Wildman–Crippen LogP) is 0.397. The summed E-state index contributed by atoms with van der Waals surface area (Å²) in [7, 11) is 0. The molecule has 0 radical (unpaired) electrons. The number of phenols is 1. The number of quaternary nitrogens is 1. The largest absolute Gasteiger partial charge is 0.508 e. The number of aliphatic hydroxyl groups is 1. The number of rotatable bonds is 4. The summed E-state index contributed by atoms with van der Waals surface area (Å²) in [5.41, 5.74) is 0.847. The molecule has 0 fully saturated rings. The Balaban J connectivity index is 2.52. The summed E-state index contributed by atoms with van der Waals surface area (Å²) in [6.45, 7) is 4.83. The maximum Gasteiger partial charge on any atom is 0.128 e. The van der Waals surface area contributed by atoms with Crippen LogP contribution in [0.15, 0.2) is 24.3 Å². The number of nitrogens with two attached hydrogens (primary N) is 1. The minimum atomic E-state index is -0.460. The summed E-state index contributed by atoms with van der Waals surface area (Å²) in [5, 5.41) is 20.9. The summed E-state index contributed by atoms with van der Waals surface area (Å²) in [6.07, 6.45) is -0.460. The molecular weight excluding hydrogens is 178 g/mol. The zero-order valence-corrected chi connectivity index (χ0v) is 8.64. The fourth-order valence-electron chi connectivity index (χ4n) is 1.23. The fourth-order valence-corrected chi connectivity index (χ4v) is 1.23. The van der Waals surface area contributed by atoms with Crippen LogP contribution < -0.4 is 5.32 Å². The highest BCUT2D eigenvalue weighted by Gasteiger charge is 2.09. The van der Waals surface area contributed by atoms with Gasteiger partial charge in [-0.15, -0.1) is 0 Å². The zero-order valence-electron chi connectivity index (χ0n) is 8.64. The standard InChI is InChI=1S/C11H17NO2/c1-8(2)12-7-11(14)9-3-5-10(13)6-4-9/h3-6,8,11-14H,7H2,1-2H3/p+1/t11-/m0/s1. The Morgan fingerprint density at radius 2 is 1.79 bits per heavy atom. The first-order chi connectivity index (χ1) is 6.59. The lowest BCUT2D eigenvalue weighted by Crippen LogP contribution is -2.89. The molecule has 1 aromatic carbocycles. The van der Waals surface area contributed by atoms with Crippen molar-refractivity contribution in [3.05, 3.63) is 29.8 Å². The maximum absolute atomic E-state index is 9.75. The summed E-state index contributed by atoms with van der Waals surface area (Å²) in [4.78, 5) is 0. The highest BCUT2D eigenvalue weighted by molar-refractivity contribution is 5.27. The average Bonchev–Trinajstić information content (AvgIpc) is 2.15. The van der Waals surface area contributed by atoms with Crippen molar-refractivity contribution in [2.45, 2.75) is 26.0 Å². The summed E-state index contributed by atoms with van der Waals surface area (Å²) in [6, 6.07) is 7.16. The molecule has 0 aliphatic carbocycles. The van der Waals surface area contributed by atoms with Crippen LogP contribution in [0.3, 0.4) is 0 Å². The third-order valence-corrected chi connectivity index (χ3v) is 2.11. The van der Waals surface area contributed by atoms with Crippen LogP contribution in [0.1, 0.15) is 25.5 Å². The van der Waals surface area contributed by atoms with Crippen LogP contribution in [0.2, 0.25) is 0 Å². The van der Waals surface area contributed by atoms with E-state index in [2.05, 4.69) is 19.2 Å². The van der Waals surface area contributed by atoms with Crippen molar-refractivity contribution in [3.63, 3.8) is 0 Å². The molecule has 78 valence electrons. The van der Waals surface area contributed by atoms with Crippen LogP contribution in [0.4, 0.5) is 0 Å². The summed E-state index contributed by atoms with van der Waals surface area (Å²) < 4.78 is 0. The van der Waals surface area contributed by atoms with Gasteiger partial charge in [-0.3, -0.25) is 0 Å². The van der Waals surface area contributed by atoms with Crippen molar-refractivity contribution in [1.82, 2.24) is 0 Å². The third kappa shape index (κ3) is 3.36. The molecule has 1 atom stereocenters. The summed E-state index contributed by atoms with van der Waals surface area (Å²) in [5.74, 6) is 0.230. The van der Waals surface area contributed by atoms with Crippen LogP contribution in [0, 0.1) is 0 Å². The van der Waals surface area contributed by atoms with Crippen molar-refractivity contribution in [2.75, 3.05) is 6.54 Å². The number of aromatic hydroxyl groups is 1. The van der Waals surface area contributed by atoms with Gasteiger partial charge in [-0.2, -0.15) is 0 Å². The lowest BCUT2D eigenvalue weighted by atomic mass is 10.1. The van der Waals surface area contributed by atoms with Crippen LogP contribution in [-0.2, 0) is 0 Å². The van der Waals surface area contributed by atoms with E-state index in [1.54, 1.807) is 24.3 Å². The molecule has 4 N–H and O–H groups in total. The molecule has 1 rings (SSSR count). The van der Waals surface area contributed by atoms with E-state index in [-0.39, 0.29) is 5.75 Å². The van der Waals surface area contributed by atoms with Crippen molar-refractivity contribution in [2.24, 2.45) is 0 Å². The first-order valence-corrected chi connectivity index (χ1v) is 4.90. The second-order valence-corrected chi connectivity index (χ2v) is 3.82. The molecular formula is C11H18NO2+. The monoisotopic (exact) mass is 196 g/mol. The van der Waals surface area contributed by atoms with E-state index in [1.807, 2.05) is 0 Å². The smallest absolute Gasteiger partial charge is 0.128 e. The van der Waals surface area contributed by atoms with Crippen molar-refractivity contribution in [3.8, 4) is 5.75 Å². The quantitative estimate of drug-likeness (QED) is 0.653. The van der Waals surface area contributed by atoms with Gasteiger partial charge in [0.2, 0.25) is 0 Å². The first kappa shape index (κ1) is 11.0. The fraction of sp³-hybridized carbons (Fsp3) is 0.455. The van der Waals surface area contributed by atoms with E-state index < -0.39 is 6.10 Å². The van der Waals surface area contributed by atoms with E-state index >= 15 is 0 Å². The number of hydrogen-bond donors (Lipinski definition) is 3. The van der Waals surface area contributed by atoms with Crippen molar-refractivity contribution < 1.29 is 15.5 Å². The minimum Gasteiger partial charge on any atom is -0.508 e. The Morgan fingerprint density at radius 1 is 1.21 bits per heavy atom. The molecule has 0 aliphatic rings. The van der Waals surface area contributed by atoms with Crippen LogP contribution in [-0.4, -0.2) is 22.8 Å². The molecule has 14 heavy (non-hydrogen) atoms. The topological polar surface area (TPSA) is 57.1 Å². The second-order valence-electron chi connectivity index (χ2n) is 3.82. The van der Waals surface area contributed by atoms with Crippen LogP contribution in [0.5, 0.6) is 5.75 Å². The van der Waals surface area contributed by atoms with Gasteiger partial charge in [0.1, 0.15) is 18.4 Å². The van der Waals surface area contributed by atoms with E-state index in [0.717, 1.165) is 5.56 Å². The number of aliphatic hydroxyl groups excluding tert-OH is 1. The van der Waals surface area contributed by atoms with Gasteiger partial charge in [0, 0.05) is 0 Å². The van der Waals surface area contributed by atoms with Gasteiger partial charge in [-0.25, -0.2) is 0 Å². The van der Waals surface area contributed by atoms with E-state index in [4.69, 9.17) is 5.11 Å². The van der Waals surface area contributed by atoms with Crippen molar-refractivity contribution in [1.29, 1.82) is 0 Å². The molecule has 0 aromatic heterocycles. The molecule has 0 spiro atoms. The maximum atomic E-state index is 9.75. The number of phenolic OH excluding ortho intramolecular Hbond substituents is 1. The number of hydrogen-bond acceptors (Lipinski definition) is 2. The Labute approximate surface area is 84.4 Å². The molecule has 0 heterocycles. The molecule has 0 saturated heterocycles. The van der Waals surface area contributed by atoms with Gasteiger partial charge in [-0.05, 0) is 31.5 Å². The zero-order chi connectivity index (χ0) is 10.6. The van der Waals surface area contributed by atoms with Gasteiger partial charge in [0.05, 0.1) is 6.04 Å². The third-order valence-electron chi connectivity index (χ3n) is 2.11. The summed E-state index contributed by atoms with van der Waals surface area (Å²) >= 11 is 0. The van der Waals surface area contributed by atoms with E-state index in [1.165, 1.54) is 0 Å². The highest BCUT2D eigenvalue weighted by Crippen LogP contribution is 2.15. The Kier molecular flexibility index (Phi) is 3.92. The van der Waals surface area contributed by atoms with Gasteiger partial charge >= 0.3 is 0 Å². The van der Waals surface area contributed by atoms with E-state index in [9.17, 15) is 5.11 Å². The van der Waals surface area contributed by atoms with Crippen LogP contribution >= 0.6 is 0 Å². The Morgan fingerprint density at radius 3 is 2.29 bits per heavy atom. The molecule has 0 unspecified atom stereocenters. The minimum absolute atomic E-state index is 0.230. The predicted molar refractivity (Wildman–Crippen MR) is 55.0 cm³/mol. The van der Waals surface area contributed by atoms with Gasteiger partial charge in [0.15, 0.2) is 0 Å². The van der Waals surface area contributed by atoms with E-state index in [0.29, 0.717) is 12.6 Å². The highest BCUT2D eigenvalue weighted by atomic mass is 16.3. The molecule has 0 saturated carbocycles. The molecule has 0 aliphatic heterocycles. The Bertz CT molecular complexity index is 269. The molecule has 3 nitrogen and oxygen atoms in total. The second kappa shape index (κ2) is 4.98. The average molecular weight is 196 g/mol. The van der Waals surface area contributed by atoms with Gasteiger partial charge < -0.3 is 15.5 Å². The molecule has 1 aromatic rings. The molecule has 0 amide bonds. The van der Waals surface area contributed by atoms with Crippen LogP contribution in [0.25, 0.3) is 0 Å². The Hall–Kier alpha value is -1.06. The molecule has 3 heteroatoms. The first-order valence-electron chi connectivity index (χ1n) is 4.90.